The maximum absolute atomic E-state index is 10.6. The van der Waals surface area contributed by atoms with Crippen molar-refractivity contribution in [3.63, 3.8) is 0 Å². The molecule has 1 atom stereocenters. The van der Waals surface area contributed by atoms with Crippen LogP contribution in [0.4, 0.5) is 0 Å². The van der Waals surface area contributed by atoms with Gasteiger partial charge in [-0.3, -0.25) is 4.98 Å². The average Bonchev–Trinajstić information content (AvgIpc) is 2.26. The van der Waals surface area contributed by atoms with E-state index in [0.717, 1.165) is 5.69 Å². The molecule has 1 unspecified atom stereocenters. The summed E-state index contributed by atoms with van der Waals surface area (Å²) in [6.07, 6.45) is 1.39. The van der Waals surface area contributed by atoms with Crippen LogP contribution < -0.4 is 5.32 Å². The predicted octanol–water partition coefficient (Wildman–Crippen LogP) is 1.91. The highest BCUT2D eigenvalue weighted by Crippen LogP contribution is 2.03. The zero-order valence-electron chi connectivity index (χ0n) is 9.90. The number of aromatic nitrogens is 1. The Kier molecular flexibility index (Phi) is 4.43. The summed E-state index contributed by atoms with van der Waals surface area (Å²) in [6, 6.07) is 3.73. The smallest absolute Gasteiger partial charge is 0.337 e. The molecule has 0 saturated heterocycles. The number of pyridine rings is 1. The third kappa shape index (κ3) is 3.62. The lowest BCUT2D eigenvalue weighted by molar-refractivity contribution is 0.0696. The number of hydrogen-bond donors (Lipinski definition) is 2. The number of aromatic carboxylic acids is 1. The number of nitrogens with zero attached hydrogens (tertiary/aromatic N) is 1. The van der Waals surface area contributed by atoms with Gasteiger partial charge < -0.3 is 10.4 Å². The van der Waals surface area contributed by atoms with E-state index in [0.29, 0.717) is 18.5 Å². The van der Waals surface area contributed by atoms with Crippen LogP contribution >= 0.6 is 0 Å². The number of carboxylic acids is 1. The number of carbonyl (C=O) groups is 1. The van der Waals surface area contributed by atoms with Gasteiger partial charge in [0, 0.05) is 18.8 Å². The van der Waals surface area contributed by atoms with Gasteiger partial charge in [0.1, 0.15) is 0 Å². The molecule has 1 aromatic heterocycles. The molecule has 0 aromatic carbocycles. The van der Waals surface area contributed by atoms with Crippen LogP contribution in [-0.2, 0) is 6.54 Å². The Morgan fingerprint density at radius 1 is 1.44 bits per heavy atom. The van der Waals surface area contributed by atoms with E-state index >= 15 is 0 Å². The largest absolute Gasteiger partial charge is 0.478 e. The Labute approximate surface area is 95.7 Å². The Morgan fingerprint density at radius 3 is 2.56 bits per heavy atom. The number of rotatable bonds is 5. The van der Waals surface area contributed by atoms with E-state index in [-0.39, 0.29) is 5.56 Å². The second-order valence-corrected chi connectivity index (χ2v) is 4.26. The lowest BCUT2D eigenvalue weighted by atomic mass is 10.1. The average molecular weight is 222 g/mol. The summed E-state index contributed by atoms with van der Waals surface area (Å²) >= 11 is 0. The third-order valence-electron chi connectivity index (χ3n) is 2.68. The molecule has 0 amide bonds. The Balaban J connectivity index is 2.53. The van der Waals surface area contributed by atoms with Crippen molar-refractivity contribution in [3.05, 3.63) is 29.6 Å². The zero-order chi connectivity index (χ0) is 12.1. The number of hydrogen-bond acceptors (Lipinski definition) is 3. The van der Waals surface area contributed by atoms with Crippen molar-refractivity contribution in [1.82, 2.24) is 10.3 Å². The van der Waals surface area contributed by atoms with Crippen LogP contribution in [0.3, 0.4) is 0 Å². The van der Waals surface area contributed by atoms with Gasteiger partial charge in [-0.25, -0.2) is 4.79 Å². The number of nitrogens with one attached hydrogen (secondary N) is 1. The van der Waals surface area contributed by atoms with Crippen molar-refractivity contribution in [2.24, 2.45) is 5.92 Å². The first-order valence-corrected chi connectivity index (χ1v) is 5.42. The van der Waals surface area contributed by atoms with E-state index in [1.54, 1.807) is 12.1 Å². The standard InChI is InChI=1S/C12H18N2O2/c1-8(2)9(3)13-7-11-5-4-10(6-14-11)12(15)16/h4-6,8-9,13H,7H2,1-3H3,(H,15,16). The van der Waals surface area contributed by atoms with E-state index in [1.165, 1.54) is 6.20 Å². The number of carboxylic acid groups (broad SMARTS) is 1. The third-order valence-corrected chi connectivity index (χ3v) is 2.68. The normalized spacial score (nSPS) is 12.8. The molecule has 0 spiro atoms. The molecule has 16 heavy (non-hydrogen) atoms. The van der Waals surface area contributed by atoms with Crippen molar-refractivity contribution >= 4 is 5.97 Å². The van der Waals surface area contributed by atoms with Gasteiger partial charge in [0.15, 0.2) is 0 Å². The Morgan fingerprint density at radius 2 is 2.12 bits per heavy atom. The van der Waals surface area contributed by atoms with Gasteiger partial charge in [0.2, 0.25) is 0 Å². The van der Waals surface area contributed by atoms with Crippen molar-refractivity contribution in [3.8, 4) is 0 Å². The van der Waals surface area contributed by atoms with E-state index < -0.39 is 5.97 Å². The summed E-state index contributed by atoms with van der Waals surface area (Å²) in [5.74, 6) is -0.374. The molecule has 0 bridgehead atoms. The summed E-state index contributed by atoms with van der Waals surface area (Å²) < 4.78 is 0. The molecule has 88 valence electrons. The molecule has 0 radical (unpaired) electrons. The monoisotopic (exact) mass is 222 g/mol. The van der Waals surface area contributed by atoms with Crippen LogP contribution in [0.15, 0.2) is 18.3 Å². The highest BCUT2D eigenvalue weighted by Gasteiger charge is 2.07. The van der Waals surface area contributed by atoms with Gasteiger partial charge in [0.25, 0.3) is 0 Å². The molecular weight excluding hydrogens is 204 g/mol. The van der Waals surface area contributed by atoms with Gasteiger partial charge in [-0.15, -0.1) is 0 Å². The van der Waals surface area contributed by atoms with E-state index in [1.807, 2.05) is 0 Å². The first kappa shape index (κ1) is 12.6. The maximum atomic E-state index is 10.6. The molecule has 1 aromatic rings. The fourth-order valence-corrected chi connectivity index (χ4v) is 1.16. The summed E-state index contributed by atoms with van der Waals surface area (Å²) in [4.78, 5) is 14.7. The van der Waals surface area contributed by atoms with Gasteiger partial charge in [-0.2, -0.15) is 0 Å². The Hall–Kier alpha value is -1.42. The molecule has 0 fully saturated rings. The first-order valence-electron chi connectivity index (χ1n) is 5.42. The predicted molar refractivity (Wildman–Crippen MR) is 62.3 cm³/mol. The van der Waals surface area contributed by atoms with Crippen molar-refractivity contribution in [2.45, 2.75) is 33.4 Å². The molecule has 4 nitrogen and oxygen atoms in total. The van der Waals surface area contributed by atoms with Crippen LogP contribution in [0.2, 0.25) is 0 Å². The fourth-order valence-electron chi connectivity index (χ4n) is 1.16. The molecule has 0 aliphatic rings. The minimum absolute atomic E-state index is 0.223. The molecule has 0 aliphatic heterocycles. The van der Waals surface area contributed by atoms with Gasteiger partial charge in [-0.05, 0) is 25.0 Å². The molecule has 1 heterocycles. The van der Waals surface area contributed by atoms with E-state index in [4.69, 9.17) is 5.11 Å². The molecule has 0 aliphatic carbocycles. The Bertz CT molecular complexity index is 347. The molecular formula is C12H18N2O2. The van der Waals surface area contributed by atoms with Crippen LogP contribution in [0, 0.1) is 5.92 Å². The van der Waals surface area contributed by atoms with Crippen molar-refractivity contribution in [2.75, 3.05) is 0 Å². The second-order valence-electron chi connectivity index (χ2n) is 4.26. The summed E-state index contributed by atoms with van der Waals surface area (Å²) in [5, 5.41) is 12.0. The van der Waals surface area contributed by atoms with E-state index in [9.17, 15) is 4.79 Å². The minimum atomic E-state index is -0.942. The molecule has 1 rings (SSSR count). The van der Waals surface area contributed by atoms with Crippen LogP contribution in [0.25, 0.3) is 0 Å². The quantitative estimate of drug-likeness (QED) is 0.799. The van der Waals surface area contributed by atoms with E-state index in [2.05, 4.69) is 31.1 Å². The van der Waals surface area contributed by atoms with Crippen molar-refractivity contribution in [1.29, 1.82) is 0 Å². The zero-order valence-corrected chi connectivity index (χ0v) is 9.90. The highest BCUT2D eigenvalue weighted by atomic mass is 16.4. The van der Waals surface area contributed by atoms with Gasteiger partial charge in [0.05, 0.1) is 11.3 Å². The van der Waals surface area contributed by atoms with Crippen LogP contribution in [0.1, 0.15) is 36.8 Å². The lowest BCUT2D eigenvalue weighted by Crippen LogP contribution is -2.30. The fraction of sp³-hybridized carbons (Fsp3) is 0.500. The first-order chi connectivity index (χ1) is 7.50. The van der Waals surface area contributed by atoms with Crippen LogP contribution in [0.5, 0.6) is 0 Å². The highest BCUT2D eigenvalue weighted by molar-refractivity contribution is 5.87. The summed E-state index contributed by atoms with van der Waals surface area (Å²) in [5.41, 5.74) is 1.08. The maximum Gasteiger partial charge on any atom is 0.337 e. The topological polar surface area (TPSA) is 62.2 Å². The van der Waals surface area contributed by atoms with Gasteiger partial charge >= 0.3 is 5.97 Å². The molecule has 2 N–H and O–H groups in total. The molecule has 4 heteroatoms. The van der Waals surface area contributed by atoms with Crippen molar-refractivity contribution < 1.29 is 9.90 Å². The van der Waals surface area contributed by atoms with Crippen LogP contribution in [-0.4, -0.2) is 22.1 Å². The lowest BCUT2D eigenvalue weighted by Gasteiger charge is -2.16. The van der Waals surface area contributed by atoms with Gasteiger partial charge in [-0.1, -0.05) is 13.8 Å². The summed E-state index contributed by atoms with van der Waals surface area (Å²) in [6.45, 7) is 7.09. The SMILES string of the molecule is CC(C)C(C)NCc1ccc(C(=O)O)cn1. The second kappa shape index (κ2) is 5.61. The molecule has 0 saturated carbocycles. The summed E-state index contributed by atoms with van der Waals surface area (Å²) in [7, 11) is 0. The minimum Gasteiger partial charge on any atom is -0.478 e.